The van der Waals surface area contributed by atoms with Crippen molar-refractivity contribution in [2.24, 2.45) is 17.6 Å². The van der Waals surface area contributed by atoms with Gasteiger partial charge in [-0.05, 0) is 46.2 Å². The highest BCUT2D eigenvalue weighted by Gasteiger charge is 2.17. The summed E-state index contributed by atoms with van der Waals surface area (Å²) in [7, 11) is 4.15. The monoisotopic (exact) mass is 285 g/mol. The Morgan fingerprint density at radius 1 is 1.15 bits per heavy atom. The third kappa shape index (κ3) is 9.32. The second kappa shape index (κ2) is 10.2. The van der Waals surface area contributed by atoms with E-state index in [1.807, 2.05) is 13.8 Å². The first-order valence-electron chi connectivity index (χ1n) is 7.93. The number of nitrogens with zero attached hydrogens (tertiary/aromatic N) is 1. The van der Waals surface area contributed by atoms with E-state index in [9.17, 15) is 4.79 Å². The van der Waals surface area contributed by atoms with Crippen LogP contribution in [0.1, 0.15) is 53.4 Å². The maximum Gasteiger partial charge on any atom is 0.222 e. The van der Waals surface area contributed by atoms with Gasteiger partial charge in [-0.2, -0.15) is 0 Å². The van der Waals surface area contributed by atoms with Crippen LogP contribution in [0.2, 0.25) is 0 Å². The minimum atomic E-state index is 0.0793. The summed E-state index contributed by atoms with van der Waals surface area (Å²) in [5.41, 5.74) is 5.73. The minimum Gasteiger partial charge on any atom is -0.354 e. The average molecular weight is 285 g/mol. The Morgan fingerprint density at radius 3 is 2.20 bits per heavy atom. The Bertz CT molecular complexity index is 264. The van der Waals surface area contributed by atoms with Crippen molar-refractivity contribution in [3.8, 4) is 0 Å². The lowest BCUT2D eigenvalue weighted by molar-refractivity contribution is -0.125. The lowest BCUT2D eigenvalue weighted by Gasteiger charge is -2.26. The Kier molecular flexibility index (Phi) is 9.86. The molecule has 0 aliphatic rings. The summed E-state index contributed by atoms with van der Waals surface area (Å²) >= 11 is 0. The number of rotatable bonds is 10. The summed E-state index contributed by atoms with van der Waals surface area (Å²) in [4.78, 5) is 14.3. The molecule has 0 rings (SSSR count). The van der Waals surface area contributed by atoms with Gasteiger partial charge in [-0.3, -0.25) is 4.79 Å². The molecular weight excluding hydrogens is 250 g/mol. The number of amides is 1. The number of likely N-dealkylation sites (N-methyl/N-ethyl adjacent to an activating group) is 1. The number of hydrogen-bond donors (Lipinski definition) is 2. The average Bonchev–Trinajstić information content (AvgIpc) is 2.32. The molecular formula is C16H35N3O. The third-order valence-electron chi connectivity index (χ3n) is 3.73. The minimum absolute atomic E-state index is 0.0793. The van der Waals surface area contributed by atoms with Crippen LogP contribution in [0.5, 0.6) is 0 Å². The van der Waals surface area contributed by atoms with Crippen LogP contribution in [0.15, 0.2) is 0 Å². The zero-order valence-corrected chi connectivity index (χ0v) is 14.3. The van der Waals surface area contributed by atoms with Crippen LogP contribution in [0, 0.1) is 11.8 Å². The van der Waals surface area contributed by atoms with E-state index < -0.39 is 0 Å². The van der Waals surface area contributed by atoms with Gasteiger partial charge in [0.25, 0.3) is 0 Å². The predicted octanol–water partition coefficient (Wildman–Crippen LogP) is 2.23. The van der Waals surface area contributed by atoms with Crippen molar-refractivity contribution in [2.75, 3.05) is 20.6 Å². The van der Waals surface area contributed by atoms with Gasteiger partial charge >= 0.3 is 0 Å². The fraction of sp³-hybridized carbons (Fsp3) is 0.938. The van der Waals surface area contributed by atoms with Gasteiger partial charge in [0.1, 0.15) is 0 Å². The summed E-state index contributed by atoms with van der Waals surface area (Å²) in [5.74, 6) is 0.892. The molecule has 0 aliphatic heterocycles. The standard InChI is InChI=1S/C16H35N3O/c1-12(2)10-15(19(5)6)11-18-16(20)13(3)8-7-9-14(4)17/h12-15H,7-11,17H2,1-6H3,(H,18,20). The van der Waals surface area contributed by atoms with E-state index in [0.717, 1.165) is 32.2 Å². The van der Waals surface area contributed by atoms with Crippen molar-refractivity contribution < 1.29 is 4.79 Å². The van der Waals surface area contributed by atoms with E-state index in [1.165, 1.54) is 0 Å². The van der Waals surface area contributed by atoms with E-state index in [2.05, 4.69) is 38.2 Å². The first-order valence-corrected chi connectivity index (χ1v) is 7.93. The van der Waals surface area contributed by atoms with Crippen molar-refractivity contribution in [1.82, 2.24) is 10.2 Å². The van der Waals surface area contributed by atoms with E-state index in [1.54, 1.807) is 0 Å². The van der Waals surface area contributed by atoms with Crippen LogP contribution in [0.25, 0.3) is 0 Å². The van der Waals surface area contributed by atoms with Crippen LogP contribution >= 0.6 is 0 Å². The first-order chi connectivity index (χ1) is 9.23. The molecule has 0 heterocycles. The summed E-state index contributed by atoms with van der Waals surface area (Å²) in [6, 6.07) is 0.643. The molecule has 0 saturated heterocycles. The van der Waals surface area contributed by atoms with Gasteiger partial charge in [-0.25, -0.2) is 0 Å². The van der Waals surface area contributed by atoms with E-state index >= 15 is 0 Å². The Morgan fingerprint density at radius 2 is 1.75 bits per heavy atom. The van der Waals surface area contributed by atoms with Gasteiger partial charge in [0.2, 0.25) is 5.91 Å². The van der Waals surface area contributed by atoms with E-state index in [0.29, 0.717) is 12.0 Å². The molecule has 3 N–H and O–H groups in total. The van der Waals surface area contributed by atoms with Crippen LogP contribution in [-0.2, 0) is 4.79 Å². The summed E-state index contributed by atoms with van der Waals surface area (Å²) in [6.45, 7) is 9.19. The number of carbonyl (C=O) groups is 1. The molecule has 20 heavy (non-hydrogen) atoms. The maximum absolute atomic E-state index is 12.1. The van der Waals surface area contributed by atoms with Gasteiger partial charge in [0.15, 0.2) is 0 Å². The maximum atomic E-state index is 12.1. The highest BCUT2D eigenvalue weighted by molar-refractivity contribution is 5.78. The van der Waals surface area contributed by atoms with Gasteiger partial charge in [0, 0.05) is 24.5 Å². The van der Waals surface area contributed by atoms with Gasteiger partial charge in [0.05, 0.1) is 0 Å². The van der Waals surface area contributed by atoms with Crippen LogP contribution < -0.4 is 11.1 Å². The normalized spacial score (nSPS) is 16.2. The molecule has 0 aliphatic carbocycles. The number of nitrogens with one attached hydrogen (secondary N) is 1. The number of hydrogen-bond acceptors (Lipinski definition) is 3. The SMILES string of the molecule is CC(C)CC(CNC(=O)C(C)CCCC(C)N)N(C)C. The number of carbonyl (C=O) groups excluding carboxylic acids is 1. The van der Waals surface area contributed by atoms with Crippen molar-refractivity contribution >= 4 is 5.91 Å². The summed E-state index contributed by atoms with van der Waals surface area (Å²) < 4.78 is 0. The highest BCUT2D eigenvalue weighted by atomic mass is 16.1. The lowest BCUT2D eigenvalue weighted by Crippen LogP contribution is -2.42. The molecule has 4 heteroatoms. The van der Waals surface area contributed by atoms with Crippen molar-refractivity contribution in [3.05, 3.63) is 0 Å². The molecule has 0 saturated carbocycles. The molecule has 1 amide bonds. The van der Waals surface area contributed by atoms with Crippen LogP contribution in [0.3, 0.4) is 0 Å². The van der Waals surface area contributed by atoms with Crippen molar-refractivity contribution in [2.45, 2.75) is 65.5 Å². The fourth-order valence-electron chi connectivity index (χ4n) is 2.29. The quantitative estimate of drug-likeness (QED) is 0.647. The van der Waals surface area contributed by atoms with Crippen LogP contribution in [-0.4, -0.2) is 43.5 Å². The Hall–Kier alpha value is -0.610. The molecule has 0 fully saturated rings. The van der Waals surface area contributed by atoms with Gasteiger partial charge in [-0.15, -0.1) is 0 Å². The zero-order chi connectivity index (χ0) is 15.7. The molecule has 3 atom stereocenters. The molecule has 0 radical (unpaired) electrons. The molecule has 3 unspecified atom stereocenters. The second-order valence-electron chi connectivity index (χ2n) is 6.80. The van der Waals surface area contributed by atoms with Crippen molar-refractivity contribution in [3.63, 3.8) is 0 Å². The topological polar surface area (TPSA) is 58.4 Å². The van der Waals surface area contributed by atoms with Crippen molar-refractivity contribution in [1.29, 1.82) is 0 Å². The molecule has 0 bridgehead atoms. The van der Waals surface area contributed by atoms with Gasteiger partial charge < -0.3 is 16.0 Å². The number of nitrogens with two attached hydrogens (primary N) is 1. The first kappa shape index (κ1) is 19.4. The fourth-order valence-corrected chi connectivity index (χ4v) is 2.29. The molecule has 0 aromatic carbocycles. The third-order valence-corrected chi connectivity index (χ3v) is 3.73. The molecule has 120 valence electrons. The van der Waals surface area contributed by atoms with Gasteiger partial charge in [-0.1, -0.05) is 27.2 Å². The Labute approximate surface area is 125 Å². The second-order valence-corrected chi connectivity index (χ2v) is 6.80. The molecule has 0 aromatic heterocycles. The van der Waals surface area contributed by atoms with E-state index in [4.69, 9.17) is 5.73 Å². The smallest absolute Gasteiger partial charge is 0.222 e. The molecule has 0 spiro atoms. The Balaban J connectivity index is 4.04. The highest BCUT2D eigenvalue weighted by Crippen LogP contribution is 2.11. The predicted molar refractivity (Wildman–Crippen MR) is 86.6 cm³/mol. The largest absolute Gasteiger partial charge is 0.354 e. The summed E-state index contributed by atoms with van der Waals surface area (Å²) in [6.07, 6.45) is 4.04. The molecule has 4 nitrogen and oxygen atoms in total. The van der Waals surface area contributed by atoms with E-state index in [-0.39, 0.29) is 17.9 Å². The molecule has 0 aromatic rings. The zero-order valence-electron chi connectivity index (χ0n) is 14.3. The van der Waals surface area contributed by atoms with Crippen LogP contribution in [0.4, 0.5) is 0 Å². The summed E-state index contributed by atoms with van der Waals surface area (Å²) in [5, 5.41) is 3.10. The lowest BCUT2D eigenvalue weighted by atomic mass is 10.00.